The van der Waals surface area contributed by atoms with Crippen molar-refractivity contribution in [1.82, 2.24) is 0 Å². The molecule has 0 bridgehead atoms. The first-order valence-electron chi connectivity index (χ1n) is 24.1. The van der Waals surface area contributed by atoms with Crippen molar-refractivity contribution in [3.05, 3.63) is 109 Å². The lowest BCUT2D eigenvalue weighted by Crippen LogP contribution is -2.40. The maximum absolute atomic E-state index is 12.8. The van der Waals surface area contributed by atoms with E-state index in [0.29, 0.717) is 23.9 Å². The maximum Gasteiger partial charge on any atom is 0.361 e. The molecule has 0 amide bonds. The highest BCUT2D eigenvalue weighted by atomic mass is 16.7. The molecule has 63 heavy (non-hydrogen) atoms. The van der Waals surface area contributed by atoms with Crippen LogP contribution >= 0.6 is 0 Å². The summed E-state index contributed by atoms with van der Waals surface area (Å²) in [6.45, 7) is 4.56. The molecule has 0 fully saturated rings. The molecule has 356 valence electrons. The number of likely N-dealkylation sites (N-methyl/N-ethyl adjacent to an activating group) is 1. The minimum atomic E-state index is -1.53. The summed E-state index contributed by atoms with van der Waals surface area (Å²) >= 11 is 0. The first kappa shape index (κ1) is 58.9. The van der Waals surface area contributed by atoms with Gasteiger partial charge in [0.2, 0.25) is 0 Å². The number of carbonyl (C=O) groups excluding carboxylic acids is 2. The largest absolute Gasteiger partial charge is 0.477 e. The molecule has 0 spiro atoms. The van der Waals surface area contributed by atoms with Crippen LogP contribution in [-0.4, -0.2) is 87.4 Å². The van der Waals surface area contributed by atoms with E-state index in [1.807, 2.05) is 21.1 Å². The molecule has 0 rings (SSSR count). The number of ether oxygens (including phenoxy) is 4. The van der Waals surface area contributed by atoms with Crippen molar-refractivity contribution in [3.63, 3.8) is 0 Å². The summed E-state index contributed by atoms with van der Waals surface area (Å²) in [5.41, 5.74) is 0. The van der Waals surface area contributed by atoms with Crippen LogP contribution in [0.25, 0.3) is 0 Å². The molecule has 0 aromatic heterocycles. The van der Waals surface area contributed by atoms with E-state index >= 15 is 0 Å². The highest BCUT2D eigenvalue weighted by Gasteiger charge is 2.25. The quantitative estimate of drug-likeness (QED) is 0.0212. The molecule has 0 heterocycles. The fourth-order valence-electron chi connectivity index (χ4n) is 5.85. The van der Waals surface area contributed by atoms with E-state index in [2.05, 4.69) is 123 Å². The van der Waals surface area contributed by atoms with E-state index in [1.165, 1.54) is 0 Å². The zero-order valence-corrected chi connectivity index (χ0v) is 40.2. The van der Waals surface area contributed by atoms with Crippen LogP contribution in [0.4, 0.5) is 0 Å². The third-order valence-electron chi connectivity index (χ3n) is 9.52. The fourth-order valence-corrected chi connectivity index (χ4v) is 5.85. The molecule has 2 unspecified atom stereocenters. The van der Waals surface area contributed by atoms with Gasteiger partial charge in [0.25, 0.3) is 6.29 Å². The van der Waals surface area contributed by atoms with Crippen molar-refractivity contribution in [1.29, 1.82) is 0 Å². The van der Waals surface area contributed by atoms with E-state index in [0.717, 1.165) is 116 Å². The monoisotopic (exact) mass is 879 g/mol. The van der Waals surface area contributed by atoms with Crippen molar-refractivity contribution >= 4 is 17.9 Å². The van der Waals surface area contributed by atoms with Gasteiger partial charge in [0.05, 0.1) is 34.4 Å². The van der Waals surface area contributed by atoms with E-state index in [1.54, 1.807) is 0 Å². The number of aliphatic carboxylic acids is 1. The van der Waals surface area contributed by atoms with Crippen molar-refractivity contribution < 1.29 is 42.9 Å². The third kappa shape index (κ3) is 45.8. The molecule has 9 heteroatoms. The van der Waals surface area contributed by atoms with Crippen LogP contribution in [0.3, 0.4) is 0 Å². The lowest BCUT2D eigenvalue weighted by molar-refractivity contribution is -0.870. The highest BCUT2D eigenvalue weighted by Crippen LogP contribution is 2.12. The molecule has 2 atom stereocenters. The molecule has 0 radical (unpaired) electrons. The molecule has 0 aromatic carbocycles. The van der Waals surface area contributed by atoms with Crippen molar-refractivity contribution in [3.8, 4) is 0 Å². The van der Waals surface area contributed by atoms with Crippen LogP contribution in [0.2, 0.25) is 0 Å². The van der Waals surface area contributed by atoms with Crippen LogP contribution in [0.5, 0.6) is 0 Å². The van der Waals surface area contributed by atoms with Crippen LogP contribution < -0.4 is 0 Å². The Bertz CT molecular complexity index is 1390. The number of rotatable bonds is 42. The van der Waals surface area contributed by atoms with Gasteiger partial charge in [-0.15, -0.1) is 0 Å². The van der Waals surface area contributed by atoms with Gasteiger partial charge >= 0.3 is 17.9 Å². The second kappa shape index (κ2) is 44.6. The van der Waals surface area contributed by atoms with Gasteiger partial charge in [0.15, 0.2) is 6.10 Å². The normalized spacial score (nSPS) is 13.9. The van der Waals surface area contributed by atoms with Gasteiger partial charge in [-0.1, -0.05) is 155 Å². The summed E-state index contributed by atoms with van der Waals surface area (Å²) in [4.78, 5) is 37.2. The van der Waals surface area contributed by atoms with Crippen LogP contribution in [0.15, 0.2) is 109 Å². The number of allylic oxidation sites excluding steroid dienone is 18. The van der Waals surface area contributed by atoms with Crippen molar-refractivity contribution in [2.75, 3.05) is 47.5 Å². The van der Waals surface area contributed by atoms with E-state index in [-0.39, 0.29) is 38.6 Å². The van der Waals surface area contributed by atoms with Gasteiger partial charge in [-0.25, -0.2) is 4.79 Å². The molecule has 9 nitrogen and oxygen atoms in total. The maximum atomic E-state index is 12.8. The Balaban J connectivity index is 4.49. The first-order chi connectivity index (χ1) is 30.6. The Hall–Kier alpha value is -4.05. The predicted molar refractivity (Wildman–Crippen MR) is 262 cm³/mol. The Morgan fingerprint density at radius 2 is 0.857 bits per heavy atom. The molecular weight excluding hydrogens is 791 g/mol. The SMILES string of the molecule is CC/C=C\C/C=C\C/C=C\C/C=C\C/C=C\C/C=C\CCCCCCC(=O)OC(COC(=O)CCCCCCC/C=C\C/C=C\C/C=C\CC)COC(OCC[N+](C)(C)C)C(=O)O. The zero-order chi connectivity index (χ0) is 46.3. The molecule has 0 aliphatic rings. The summed E-state index contributed by atoms with van der Waals surface area (Å²) in [6.07, 6.45) is 57.2. The van der Waals surface area contributed by atoms with Crippen molar-refractivity contribution in [2.24, 2.45) is 0 Å². The van der Waals surface area contributed by atoms with Gasteiger partial charge in [0.1, 0.15) is 13.2 Å². The van der Waals surface area contributed by atoms with Gasteiger partial charge < -0.3 is 28.5 Å². The predicted octanol–water partition coefficient (Wildman–Crippen LogP) is 13.2. The number of hydrogen-bond acceptors (Lipinski definition) is 7. The molecule has 0 saturated carbocycles. The van der Waals surface area contributed by atoms with Gasteiger partial charge in [-0.05, 0) is 96.3 Å². The Kier molecular flexibility index (Phi) is 41.7. The average molecular weight is 879 g/mol. The number of quaternary nitrogens is 1. The molecule has 0 aliphatic carbocycles. The van der Waals surface area contributed by atoms with Crippen LogP contribution in [0, 0.1) is 0 Å². The van der Waals surface area contributed by atoms with E-state index in [4.69, 9.17) is 18.9 Å². The number of unbranched alkanes of at least 4 members (excludes halogenated alkanes) is 9. The van der Waals surface area contributed by atoms with Gasteiger partial charge in [0, 0.05) is 12.8 Å². The summed E-state index contributed by atoms with van der Waals surface area (Å²) in [5, 5.41) is 9.65. The topological polar surface area (TPSA) is 108 Å². The average Bonchev–Trinajstić information content (AvgIpc) is 3.24. The first-order valence-corrected chi connectivity index (χ1v) is 24.1. The van der Waals surface area contributed by atoms with Crippen LogP contribution in [0.1, 0.15) is 155 Å². The van der Waals surface area contributed by atoms with E-state index in [9.17, 15) is 19.5 Å². The number of carboxylic acid groups (broad SMARTS) is 1. The van der Waals surface area contributed by atoms with Crippen molar-refractivity contribution in [2.45, 2.75) is 167 Å². The summed E-state index contributed by atoms with van der Waals surface area (Å²) in [6, 6.07) is 0. The molecule has 0 saturated heterocycles. The summed E-state index contributed by atoms with van der Waals surface area (Å²) in [7, 11) is 5.93. The molecular formula is C54H88NO8+. The zero-order valence-electron chi connectivity index (χ0n) is 40.2. The van der Waals surface area contributed by atoms with Gasteiger partial charge in [-0.2, -0.15) is 0 Å². The third-order valence-corrected chi connectivity index (χ3v) is 9.52. The Morgan fingerprint density at radius 1 is 0.476 bits per heavy atom. The minimum Gasteiger partial charge on any atom is -0.477 e. The summed E-state index contributed by atoms with van der Waals surface area (Å²) < 4.78 is 22.7. The van der Waals surface area contributed by atoms with Crippen LogP contribution in [-0.2, 0) is 33.3 Å². The standard InChI is InChI=1S/C54H87NO8/c1-6-8-10-12-14-16-18-20-22-23-24-25-26-27-28-29-31-33-35-37-39-41-43-45-52(57)63-50(49-62-54(53(58)59)60-47-46-55(3,4)5)48-61-51(56)44-42-40-38-36-34-32-30-21-19-17-15-13-11-9-7-2/h8-11,14-17,20-22,24-25,27-28,30-31,33,50,54H,6-7,12-13,18-19,23,26,29,32,34-49H2,1-5H3/p+1/b10-8-,11-9-,16-14-,17-15-,22-20-,25-24-,28-27-,30-21-,33-31-. The highest BCUT2D eigenvalue weighted by molar-refractivity contribution is 5.71. The van der Waals surface area contributed by atoms with Gasteiger partial charge in [-0.3, -0.25) is 9.59 Å². The molecule has 1 N–H and O–H groups in total. The summed E-state index contributed by atoms with van der Waals surface area (Å²) in [5.74, 6) is -2.08. The number of hydrogen-bond donors (Lipinski definition) is 1. The number of carbonyl (C=O) groups is 3. The van der Waals surface area contributed by atoms with E-state index < -0.39 is 24.3 Å². The fraction of sp³-hybridized carbons (Fsp3) is 0.611. The lowest BCUT2D eigenvalue weighted by Gasteiger charge is -2.25. The molecule has 0 aromatic rings. The minimum absolute atomic E-state index is 0.172. The second-order valence-corrected chi connectivity index (χ2v) is 16.7. The lowest BCUT2D eigenvalue weighted by atomic mass is 10.1. The Morgan fingerprint density at radius 3 is 1.27 bits per heavy atom. The number of esters is 2. The smallest absolute Gasteiger partial charge is 0.361 e. The Labute approximate surface area is 384 Å². The second-order valence-electron chi connectivity index (χ2n) is 16.7. The number of carboxylic acids is 1. The number of nitrogens with zero attached hydrogens (tertiary/aromatic N) is 1. The molecule has 0 aliphatic heterocycles.